The predicted octanol–water partition coefficient (Wildman–Crippen LogP) is 5.96. The molecule has 5 atom stereocenters. The second kappa shape index (κ2) is 10.4. The highest BCUT2D eigenvalue weighted by Crippen LogP contribution is 2.59. The van der Waals surface area contributed by atoms with Gasteiger partial charge in [-0.25, -0.2) is 9.97 Å². The monoisotopic (exact) mass is 595 g/mol. The number of nitrogens with zero attached hydrogens (tertiary/aromatic N) is 2. The fourth-order valence-corrected chi connectivity index (χ4v) is 7.03. The largest absolute Gasteiger partial charge is 0.469 e. The Labute approximate surface area is 256 Å². The van der Waals surface area contributed by atoms with Gasteiger partial charge in [-0.3, -0.25) is 9.59 Å². The molecule has 2 N–H and O–H groups in total. The molecule has 3 aliphatic heterocycles. The second-order valence-corrected chi connectivity index (χ2v) is 13.1. The van der Waals surface area contributed by atoms with Gasteiger partial charge in [0.05, 0.1) is 5.69 Å². The Morgan fingerprint density at radius 1 is 1.09 bits per heavy atom. The van der Waals surface area contributed by atoms with E-state index >= 15 is 0 Å². The Morgan fingerprint density at radius 3 is 2.61 bits per heavy atom. The summed E-state index contributed by atoms with van der Waals surface area (Å²) in [7, 11) is 0. The van der Waals surface area contributed by atoms with Crippen molar-refractivity contribution in [3.8, 4) is 17.3 Å². The Bertz CT molecular complexity index is 1770. The number of ketones is 2. The molecule has 3 aliphatic rings. The molecule has 44 heavy (non-hydrogen) atoms. The van der Waals surface area contributed by atoms with Crippen LogP contribution >= 0.6 is 0 Å². The first kappa shape index (κ1) is 28.5. The van der Waals surface area contributed by atoms with Crippen molar-refractivity contribution in [2.24, 2.45) is 17.8 Å². The van der Waals surface area contributed by atoms with E-state index < -0.39 is 23.7 Å². The Morgan fingerprint density at radius 2 is 1.89 bits per heavy atom. The number of oxazole rings is 2. The number of carbonyl (C=O) groups is 2. The molecule has 5 heterocycles. The maximum Gasteiger partial charge on any atom is 0.249 e. The first-order valence-electron chi connectivity index (χ1n) is 15.4. The fourth-order valence-electron chi connectivity index (χ4n) is 7.03. The summed E-state index contributed by atoms with van der Waals surface area (Å²) in [4.78, 5) is 36.9. The highest BCUT2D eigenvalue weighted by atomic mass is 16.5. The predicted molar refractivity (Wildman–Crippen MR) is 162 cm³/mol. The Balaban J connectivity index is 1.48. The van der Waals surface area contributed by atoms with Gasteiger partial charge in [0, 0.05) is 35.9 Å². The van der Waals surface area contributed by atoms with E-state index in [4.69, 9.17) is 18.6 Å². The zero-order valence-corrected chi connectivity index (χ0v) is 25.6. The number of benzene rings is 2. The highest BCUT2D eigenvalue weighted by Gasteiger charge is 2.61. The van der Waals surface area contributed by atoms with E-state index in [1.54, 1.807) is 20.1 Å². The van der Waals surface area contributed by atoms with E-state index in [1.165, 1.54) is 0 Å². The van der Waals surface area contributed by atoms with Crippen molar-refractivity contribution in [2.75, 3.05) is 5.32 Å². The molecule has 9 nitrogen and oxygen atoms in total. The molecule has 228 valence electrons. The van der Waals surface area contributed by atoms with Crippen LogP contribution in [0.25, 0.3) is 11.6 Å². The molecule has 2 aromatic heterocycles. The first-order valence-corrected chi connectivity index (χ1v) is 15.4. The topological polar surface area (TPSA) is 128 Å². The van der Waals surface area contributed by atoms with E-state index in [2.05, 4.69) is 22.4 Å². The number of nitrogens with one attached hydrogen (secondary N) is 1. The average molecular weight is 596 g/mol. The second-order valence-electron chi connectivity index (χ2n) is 13.1. The van der Waals surface area contributed by atoms with Gasteiger partial charge < -0.3 is 24.0 Å². The number of hydrogen-bond acceptors (Lipinski definition) is 9. The standard InChI is InChI=1S/C35H37N3O6/c1-17(2)22-15-26(39)21(14-27(40)30(41)18(3)4)12-20-10-11-28-24(13-20)35(23-8-6-7-9-25(23)37-34(35)43-28)31-29(38-32(22)44-31)33-36-19(5)16-42-33/h6-11,13,16-18,21-22,30,34,37,41H,12,14-15H2,1-5H3/t21?,22-,30-,34?,35+/m0/s1. The summed E-state index contributed by atoms with van der Waals surface area (Å²) >= 11 is 0. The average Bonchev–Trinajstić information content (AvgIpc) is 3.75. The van der Waals surface area contributed by atoms with Gasteiger partial charge in [-0.05, 0) is 48.4 Å². The summed E-state index contributed by atoms with van der Waals surface area (Å²) < 4.78 is 19.4. The van der Waals surface area contributed by atoms with Gasteiger partial charge in [0.25, 0.3) is 0 Å². The summed E-state index contributed by atoms with van der Waals surface area (Å²) in [6, 6.07) is 14.0. The van der Waals surface area contributed by atoms with Crippen molar-refractivity contribution in [2.45, 2.75) is 77.5 Å². The summed E-state index contributed by atoms with van der Waals surface area (Å²) in [6.07, 6.45) is 0.412. The Kier molecular flexibility index (Phi) is 6.77. The normalized spacial score (nSPS) is 24.3. The minimum absolute atomic E-state index is 0.000597. The molecular weight excluding hydrogens is 558 g/mol. The van der Waals surface area contributed by atoms with E-state index in [-0.39, 0.29) is 42.2 Å². The number of aliphatic hydroxyl groups is 1. The van der Waals surface area contributed by atoms with Gasteiger partial charge in [-0.15, -0.1) is 0 Å². The lowest BCUT2D eigenvalue weighted by atomic mass is 9.72. The van der Waals surface area contributed by atoms with Gasteiger partial charge in [0.1, 0.15) is 29.3 Å². The quantitative estimate of drug-likeness (QED) is 0.277. The fraction of sp³-hybridized carbons (Fsp3) is 0.429. The number of aryl methyl sites for hydroxylation is 1. The van der Waals surface area contributed by atoms with Crippen molar-refractivity contribution in [1.82, 2.24) is 9.97 Å². The minimum Gasteiger partial charge on any atom is -0.469 e. The number of aliphatic hydroxyl groups excluding tert-OH is 1. The molecule has 0 saturated heterocycles. The van der Waals surface area contributed by atoms with E-state index in [1.807, 2.05) is 51.1 Å². The molecular formula is C35H37N3O6. The lowest BCUT2D eigenvalue weighted by Crippen LogP contribution is -2.40. The van der Waals surface area contributed by atoms with Gasteiger partial charge in [-0.1, -0.05) is 58.0 Å². The molecule has 0 aliphatic carbocycles. The zero-order chi connectivity index (χ0) is 30.9. The third-order valence-corrected chi connectivity index (χ3v) is 9.46. The van der Waals surface area contributed by atoms with Crippen LogP contribution in [0.4, 0.5) is 5.69 Å². The summed E-state index contributed by atoms with van der Waals surface area (Å²) in [5.41, 5.74) is 3.95. The van der Waals surface area contributed by atoms with Gasteiger partial charge in [0.15, 0.2) is 29.4 Å². The van der Waals surface area contributed by atoms with Crippen LogP contribution in [0.5, 0.6) is 5.75 Å². The summed E-state index contributed by atoms with van der Waals surface area (Å²) in [6.45, 7) is 9.54. The number of aromatic nitrogens is 2. The summed E-state index contributed by atoms with van der Waals surface area (Å²) in [5.74, 6) is 0.422. The molecule has 2 aromatic carbocycles. The number of Topliss-reactive ketones (excluding diaryl/α,β-unsaturated/α-hetero) is 2. The third kappa shape index (κ3) is 4.31. The summed E-state index contributed by atoms with van der Waals surface area (Å²) in [5, 5.41) is 14.1. The number of hydrogen-bond donors (Lipinski definition) is 2. The lowest BCUT2D eigenvalue weighted by Gasteiger charge is -2.28. The molecule has 1 spiro atoms. The first-order chi connectivity index (χ1) is 21.1. The van der Waals surface area contributed by atoms with E-state index in [9.17, 15) is 14.7 Å². The van der Waals surface area contributed by atoms with Crippen LogP contribution in [-0.2, 0) is 21.4 Å². The number of para-hydroxylation sites is 1. The molecule has 7 rings (SSSR count). The number of ether oxygens (including phenoxy) is 1. The molecule has 0 radical (unpaired) electrons. The van der Waals surface area contributed by atoms with Crippen molar-refractivity contribution >= 4 is 17.3 Å². The molecule has 4 aromatic rings. The molecule has 9 heteroatoms. The highest BCUT2D eigenvalue weighted by molar-refractivity contribution is 5.90. The van der Waals surface area contributed by atoms with Crippen molar-refractivity contribution < 1.29 is 28.3 Å². The maximum absolute atomic E-state index is 14.1. The smallest absolute Gasteiger partial charge is 0.249 e. The number of fused-ring (bicyclic) bond motifs is 4. The van der Waals surface area contributed by atoms with Crippen molar-refractivity contribution in [3.05, 3.63) is 82.8 Å². The van der Waals surface area contributed by atoms with Crippen LogP contribution in [0.15, 0.2) is 57.6 Å². The molecule has 0 fully saturated rings. The molecule has 0 saturated carbocycles. The van der Waals surface area contributed by atoms with Crippen LogP contribution in [0.2, 0.25) is 0 Å². The van der Waals surface area contributed by atoms with Crippen LogP contribution < -0.4 is 10.1 Å². The number of carbonyl (C=O) groups excluding carboxylic acids is 2. The van der Waals surface area contributed by atoms with Gasteiger partial charge >= 0.3 is 0 Å². The van der Waals surface area contributed by atoms with Crippen molar-refractivity contribution in [3.63, 3.8) is 0 Å². The van der Waals surface area contributed by atoms with Crippen molar-refractivity contribution in [1.29, 1.82) is 0 Å². The van der Waals surface area contributed by atoms with Crippen LogP contribution in [0.3, 0.4) is 0 Å². The van der Waals surface area contributed by atoms with Crippen LogP contribution in [0, 0.1) is 24.7 Å². The molecule has 2 unspecified atom stereocenters. The van der Waals surface area contributed by atoms with E-state index in [0.717, 1.165) is 22.4 Å². The van der Waals surface area contributed by atoms with Gasteiger partial charge in [-0.2, -0.15) is 0 Å². The van der Waals surface area contributed by atoms with Gasteiger partial charge in [0.2, 0.25) is 5.89 Å². The molecule has 0 amide bonds. The third-order valence-electron chi connectivity index (χ3n) is 9.46. The lowest BCUT2D eigenvalue weighted by molar-refractivity contribution is -0.134. The Hall–Kier alpha value is -4.24. The number of anilines is 1. The SMILES string of the molecule is Cc1coc(-c2nc3oc2[C@]24c5ccccc5NC2Oc2ccc(cc24)CC(CC(=O)[C@@H](O)C(C)C)C(=O)C[C@H]3C(C)C)n1. The minimum atomic E-state index is -1.12. The number of rotatable bonds is 6. The van der Waals surface area contributed by atoms with Crippen LogP contribution in [-0.4, -0.2) is 39.0 Å². The van der Waals surface area contributed by atoms with Crippen LogP contribution in [0.1, 0.15) is 80.5 Å². The molecule has 4 bridgehead atoms. The maximum atomic E-state index is 14.1. The zero-order valence-electron chi connectivity index (χ0n) is 25.6. The van der Waals surface area contributed by atoms with E-state index in [0.29, 0.717) is 41.1 Å².